The summed E-state index contributed by atoms with van der Waals surface area (Å²) in [4.78, 5) is 11.0. The fraction of sp³-hybridized carbons (Fsp3) is 0.364. The van der Waals surface area contributed by atoms with Crippen LogP contribution in [0.3, 0.4) is 0 Å². The highest BCUT2D eigenvalue weighted by molar-refractivity contribution is 5.70. The maximum absolute atomic E-state index is 13.0. The van der Waals surface area contributed by atoms with Gasteiger partial charge in [0.25, 0.3) is 0 Å². The minimum absolute atomic E-state index is 0.0550. The van der Waals surface area contributed by atoms with Crippen LogP contribution in [0.1, 0.15) is 23.6 Å². The van der Waals surface area contributed by atoms with Gasteiger partial charge in [-0.1, -0.05) is 6.07 Å². The highest BCUT2D eigenvalue weighted by Crippen LogP contribution is 2.17. The molecule has 0 aliphatic heterocycles. The van der Waals surface area contributed by atoms with Gasteiger partial charge in [0.1, 0.15) is 5.82 Å². The lowest BCUT2D eigenvalue weighted by molar-refractivity contribution is -0.141. The maximum atomic E-state index is 13.0. The van der Waals surface area contributed by atoms with E-state index in [2.05, 4.69) is 4.74 Å². The van der Waals surface area contributed by atoms with Crippen molar-refractivity contribution in [3.63, 3.8) is 0 Å². The molecule has 1 rings (SSSR count). The first kappa shape index (κ1) is 11.7. The van der Waals surface area contributed by atoms with Crippen molar-refractivity contribution in [2.75, 3.05) is 7.11 Å². The van der Waals surface area contributed by atoms with Gasteiger partial charge in [-0.2, -0.15) is 0 Å². The summed E-state index contributed by atoms with van der Waals surface area (Å²) in [5, 5.41) is 0. The molecule has 4 heteroatoms. The van der Waals surface area contributed by atoms with Gasteiger partial charge in [0.15, 0.2) is 0 Å². The minimum Gasteiger partial charge on any atom is -0.469 e. The van der Waals surface area contributed by atoms with E-state index in [9.17, 15) is 9.18 Å². The number of hydrogen-bond donors (Lipinski definition) is 1. The molecule has 15 heavy (non-hydrogen) atoms. The van der Waals surface area contributed by atoms with E-state index >= 15 is 0 Å². The first-order valence-corrected chi connectivity index (χ1v) is 4.62. The molecule has 2 N–H and O–H groups in total. The molecule has 0 amide bonds. The van der Waals surface area contributed by atoms with Crippen molar-refractivity contribution >= 4 is 5.97 Å². The molecule has 0 saturated heterocycles. The summed E-state index contributed by atoms with van der Waals surface area (Å²) in [5.74, 6) is -0.741. The Bertz CT molecular complexity index is 345. The molecule has 3 nitrogen and oxygen atoms in total. The van der Waals surface area contributed by atoms with E-state index in [4.69, 9.17) is 5.73 Å². The van der Waals surface area contributed by atoms with E-state index in [-0.39, 0.29) is 12.2 Å². The topological polar surface area (TPSA) is 52.3 Å². The van der Waals surface area contributed by atoms with Gasteiger partial charge in [-0.3, -0.25) is 4.79 Å². The van der Waals surface area contributed by atoms with Crippen molar-refractivity contribution in [1.82, 2.24) is 0 Å². The number of carbonyl (C=O) groups excluding carboxylic acids is 1. The molecular weight excluding hydrogens is 197 g/mol. The summed E-state index contributed by atoms with van der Waals surface area (Å²) in [5.41, 5.74) is 7.13. The predicted octanol–water partition coefficient (Wildman–Crippen LogP) is 1.70. The summed E-state index contributed by atoms with van der Waals surface area (Å²) in [7, 11) is 1.30. The Morgan fingerprint density at radius 3 is 2.73 bits per heavy atom. The number of hydrogen-bond acceptors (Lipinski definition) is 3. The number of nitrogens with two attached hydrogens (primary N) is 1. The van der Waals surface area contributed by atoms with Gasteiger partial charge in [-0.15, -0.1) is 0 Å². The molecule has 0 radical (unpaired) electrons. The van der Waals surface area contributed by atoms with Crippen LogP contribution < -0.4 is 5.73 Å². The van der Waals surface area contributed by atoms with E-state index in [1.54, 1.807) is 13.0 Å². The minimum atomic E-state index is -0.521. The highest BCUT2D eigenvalue weighted by atomic mass is 19.1. The zero-order valence-corrected chi connectivity index (χ0v) is 8.79. The van der Waals surface area contributed by atoms with Crippen LogP contribution in [0.4, 0.5) is 4.39 Å². The quantitative estimate of drug-likeness (QED) is 0.774. The van der Waals surface area contributed by atoms with Crippen molar-refractivity contribution in [3.05, 3.63) is 35.1 Å². The summed E-state index contributed by atoms with van der Waals surface area (Å²) in [6, 6.07) is 3.98. The van der Waals surface area contributed by atoms with Gasteiger partial charge < -0.3 is 10.5 Å². The second kappa shape index (κ2) is 4.89. The van der Waals surface area contributed by atoms with Gasteiger partial charge in [0.2, 0.25) is 0 Å². The summed E-state index contributed by atoms with van der Waals surface area (Å²) < 4.78 is 17.5. The van der Waals surface area contributed by atoms with E-state index in [0.717, 1.165) is 5.56 Å². The molecule has 1 unspecified atom stereocenters. The smallest absolute Gasteiger partial charge is 0.307 e. The van der Waals surface area contributed by atoms with Crippen molar-refractivity contribution in [3.8, 4) is 0 Å². The number of aryl methyl sites for hydroxylation is 1. The third-order valence-electron chi connectivity index (χ3n) is 2.11. The van der Waals surface area contributed by atoms with Crippen LogP contribution >= 0.6 is 0 Å². The van der Waals surface area contributed by atoms with Crippen LogP contribution in [-0.4, -0.2) is 13.1 Å². The number of benzene rings is 1. The molecule has 1 aromatic carbocycles. The van der Waals surface area contributed by atoms with Crippen LogP contribution in [0.15, 0.2) is 18.2 Å². The number of ether oxygens (including phenoxy) is 1. The Labute approximate surface area is 88.0 Å². The first-order chi connectivity index (χ1) is 7.02. The molecule has 82 valence electrons. The zero-order chi connectivity index (χ0) is 11.4. The average Bonchev–Trinajstić information content (AvgIpc) is 2.16. The molecule has 0 bridgehead atoms. The van der Waals surface area contributed by atoms with Gasteiger partial charge in [-0.05, 0) is 30.2 Å². The largest absolute Gasteiger partial charge is 0.469 e. The SMILES string of the molecule is COC(=O)CC(N)c1cc(C)cc(F)c1. The molecule has 1 aromatic rings. The van der Waals surface area contributed by atoms with Crippen molar-refractivity contribution in [1.29, 1.82) is 0 Å². The fourth-order valence-corrected chi connectivity index (χ4v) is 1.36. The molecule has 0 spiro atoms. The third-order valence-corrected chi connectivity index (χ3v) is 2.11. The summed E-state index contributed by atoms with van der Waals surface area (Å²) in [6.45, 7) is 1.78. The van der Waals surface area contributed by atoms with Crippen LogP contribution in [0.5, 0.6) is 0 Å². The number of methoxy groups -OCH3 is 1. The highest BCUT2D eigenvalue weighted by Gasteiger charge is 2.12. The van der Waals surface area contributed by atoms with E-state index in [1.165, 1.54) is 19.2 Å². The Hall–Kier alpha value is -1.42. The van der Waals surface area contributed by atoms with E-state index < -0.39 is 12.0 Å². The molecule has 0 aromatic heterocycles. The number of carbonyl (C=O) groups is 1. The third kappa shape index (κ3) is 3.32. The lowest BCUT2D eigenvalue weighted by atomic mass is 10.0. The lowest BCUT2D eigenvalue weighted by Gasteiger charge is -2.11. The van der Waals surface area contributed by atoms with Crippen molar-refractivity contribution < 1.29 is 13.9 Å². The lowest BCUT2D eigenvalue weighted by Crippen LogP contribution is -2.16. The van der Waals surface area contributed by atoms with Gasteiger partial charge in [0.05, 0.1) is 13.5 Å². The van der Waals surface area contributed by atoms with Crippen molar-refractivity contribution in [2.24, 2.45) is 5.73 Å². The second-order valence-corrected chi connectivity index (χ2v) is 3.45. The van der Waals surface area contributed by atoms with Gasteiger partial charge in [0, 0.05) is 6.04 Å². The molecule has 0 aliphatic carbocycles. The number of esters is 1. The van der Waals surface area contributed by atoms with Crippen molar-refractivity contribution in [2.45, 2.75) is 19.4 Å². The number of halogens is 1. The zero-order valence-electron chi connectivity index (χ0n) is 8.79. The summed E-state index contributed by atoms with van der Waals surface area (Å²) in [6.07, 6.45) is 0.0550. The maximum Gasteiger partial charge on any atom is 0.307 e. The normalized spacial score (nSPS) is 12.3. The van der Waals surface area contributed by atoms with Crippen LogP contribution in [0.25, 0.3) is 0 Å². The van der Waals surface area contributed by atoms with E-state index in [1.807, 2.05) is 0 Å². The summed E-state index contributed by atoms with van der Waals surface area (Å²) >= 11 is 0. The Balaban J connectivity index is 2.81. The fourth-order valence-electron chi connectivity index (χ4n) is 1.36. The molecule has 0 fully saturated rings. The molecular formula is C11H14FNO2. The molecule has 1 atom stereocenters. The van der Waals surface area contributed by atoms with Gasteiger partial charge in [-0.25, -0.2) is 4.39 Å². The molecule has 0 heterocycles. The van der Waals surface area contributed by atoms with Crippen LogP contribution in [0, 0.1) is 12.7 Å². The number of rotatable bonds is 3. The average molecular weight is 211 g/mol. The standard InChI is InChI=1S/C11H14FNO2/c1-7-3-8(5-9(12)4-7)10(13)6-11(14)15-2/h3-5,10H,6,13H2,1-2H3. The monoisotopic (exact) mass is 211 g/mol. The van der Waals surface area contributed by atoms with E-state index in [0.29, 0.717) is 5.56 Å². The van der Waals surface area contributed by atoms with Crippen LogP contribution in [-0.2, 0) is 9.53 Å². The van der Waals surface area contributed by atoms with Crippen LogP contribution in [0.2, 0.25) is 0 Å². The Morgan fingerprint density at radius 1 is 1.53 bits per heavy atom. The van der Waals surface area contributed by atoms with Gasteiger partial charge >= 0.3 is 5.97 Å². The second-order valence-electron chi connectivity index (χ2n) is 3.45. The Kier molecular flexibility index (Phi) is 3.80. The predicted molar refractivity (Wildman–Crippen MR) is 54.7 cm³/mol. The Morgan fingerprint density at radius 2 is 2.20 bits per heavy atom. The first-order valence-electron chi connectivity index (χ1n) is 4.62. The molecule has 0 aliphatic rings. The molecule has 0 saturated carbocycles.